The molecule has 1 amide bonds. The molecule has 6 heteroatoms. The van der Waals surface area contributed by atoms with Crippen molar-refractivity contribution in [3.8, 4) is 0 Å². The van der Waals surface area contributed by atoms with Crippen LogP contribution in [-0.4, -0.2) is 32.8 Å². The summed E-state index contributed by atoms with van der Waals surface area (Å²) in [6.45, 7) is 8.54. The van der Waals surface area contributed by atoms with Crippen LogP contribution in [0.15, 0.2) is 12.7 Å². The Morgan fingerprint density at radius 3 is 2.50 bits per heavy atom. The lowest BCUT2D eigenvalue weighted by Crippen LogP contribution is -2.76. The quantitative estimate of drug-likeness (QED) is 0.801. The van der Waals surface area contributed by atoms with E-state index in [1.165, 1.54) is 17.3 Å². The van der Waals surface area contributed by atoms with Crippen LogP contribution in [0.25, 0.3) is 0 Å². The summed E-state index contributed by atoms with van der Waals surface area (Å²) >= 11 is 0. The van der Waals surface area contributed by atoms with Gasteiger partial charge in [-0.1, -0.05) is 27.7 Å². The standard InChI is InChI=1S/C12H21N5O/c1-11(2)9(13)12(3,4)10(11)16-8(18)5-17-7-14-6-15-17/h6-7,9-10H,5,13H2,1-4H3,(H,16,18). The fourth-order valence-electron chi connectivity index (χ4n) is 3.22. The smallest absolute Gasteiger partial charge is 0.242 e. The highest BCUT2D eigenvalue weighted by atomic mass is 16.2. The summed E-state index contributed by atoms with van der Waals surface area (Å²) in [5.74, 6) is -0.0569. The van der Waals surface area contributed by atoms with Gasteiger partial charge in [0, 0.05) is 22.9 Å². The van der Waals surface area contributed by atoms with Gasteiger partial charge in [0.2, 0.25) is 5.91 Å². The predicted octanol–water partition coefficient (Wildman–Crippen LogP) is 0.156. The molecule has 1 aromatic heterocycles. The first-order chi connectivity index (χ1) is 8.26. The molecule has 1 fully saturated rings. The number of amides is 1. The molecule has 18 heavy (non-hydrogen) atoms. The SMILES string of the molecule is CC1(C)C(N)C(C)(C)C1NC(=O)Cn1cncn1. The first-order valence-corrected chi connectivity index (χ1v) is 6.13. The summed E-state index contributed by atoms with van der Waals surface area (Å²) in [5.41, 5.74) is 5.99. The Balaban J connectivity index is 1.99. The average molecular weight is 251 g/mol. The molecule has 100 valence electrons. The van der Waals surface area contributed by atoms with Crippen molar-refractivity contribution in [2.45, 2.75) is 46.3 Å². The zero-order valence-electron chi connectivity index (χ0n) is 11.3. The van der Waals surface area contributed by atoms with Gasteiger partial charge in [-0.15, -0.1) is 0 Å². The molecule has 1 heterocycles. The molecule has 2 rings (SSSR count). The van der Waals surface area contributed by atoms with Gasteiger partial charge >= 0.3 is 0 Å². The van der Waals surface area contributed by atoms with Crippen LogP contribution in [-0.2, 0) is 11.3 Å². The van der Waals surface area contributed by atoms with E-state index in [-0.39, 0.29) is 35.4 Å². The van der Waals surface area contributed by atoms with Crippen molar-refractivity contribution in [2.24, 2.45) is 16.6 Å². The zero-order valence-corrected chi connectivity index (χ0v) is 11.3. The number of carbonyl (C=O) groups excluding carboxylic acids is 1. The molecule has 1 aromatic rings. The van der Waals surface area contributed by atoms with Crippen LogP contribution >= 0.6 is 0 Å². The first-order valence-electron chi connectivity index (χ1n) is 6.13. The molecule has 0 aliphatic heterocycles. The van der Waals surface area contributed by atoms with E-state index in [1.54, 1.807) is 0 Å². The van der Waals surface area contributed by atoms with Crippen LogP contribution in [0.2, 0.25) is 0 Å². The van der Waals surface area contributed by atoms with Crippen molar-refractivity contribution in [3.05, 3.63) is 12.7 Å². The summed E-state index contributed by atoms with van der Waals surface area (Å²) in [4.78, 5) is 15.8. The van der Waals surface area contributed by atoms with Crippen molar-refractivity contribution in [3.63, 3.8) is 0 Å². The molecule has 0 bridgehead atoms. The average Bonchev–Trinajstić information content (AvgIpc) is 2.77. The fraction of sp³-hybridized carbons (Fsp3) is 0.750. The Hall–Kier alpha value is -1.43. The van der Waals surface area contributed by atoms with Crippen LogP contribution in [0.4, 0.5) is 0 Å². The van der Waals surface area contributed by atoms with Crippen LogP contribution in [0.5, 0.6) is 0 Å². The minimum atomic E-state index is -0.0818. The van der Waals surface area contributed by atoms with Gasteiger partial charge in [0.1, 0.15) is 19.2 Å². The molecule has 0 unspecified atom stereocenters. The van der Waals surface area contributed by atoms with Crippen molar-refractivity contribution < 1.29 is 4.79 Å². The number of nitrogens with one attached hydrogen (secondary N) is 1. The van der Waals surface area contributed by atoms with E-state index in [9.17, 15) is 4.79 Å². The van der Waals surface area contributed by atoms with Gasteiger partial charge in [-0.05, 0) is 0 Å². The molecule has 0 radical (unpaired) electrons. The Kier molecular flexibility index (Phi) is 2.93. The second-order valence-corrected chi connectivity index (χ2v) is 6.21. The molecule has 3 N–H and O–H groups in total. The van der Waals surface area contributed by atoms with Crippen molar-refractivity contribution in [1.29, 1.82) is 0 Å². The van der Waals surface area contributed by atoms with Crippen LogP contribution < -0.4 is 11.1 Å². The van der Waals surface area contributed by atoms with E-state index >= 15 is 0 Å². The summed E-state index contributed by atoms with van der Waals surface area (Å²) in [5, 5.41) is 6.97. The van der Waals surface area contributed by atoms with Gasteiger partial charge in [0.15, 0.2) is 0 Å². The van der Waals surface area contributed by atoms with E-state index in [4.69, 9.17) is 5.73 Å². The Morgan fingerprint density at radius 1 is 1.39 bits per heavy atom. The second kappa shape index (κ2) is 4.05. The fourth-order valence-corrected chi connectivity index (χ4v) is 3.22. The molecular formula is C12H21N5O. The molecule has 1 aliphatic rings. The normalized spacial score (nSPS) is 28.5. The van der Waals surface area contributed by atoms with Gasteiger partial charge in [-0.2, -0.15) is 5.10 Å². The number of hydrogen-bond acceptors (Lipinski definition) is 4. The minimum absolute atomic E-state index is 0.0569. The molecular weight excluding hydrogens is 230 g/mol. The highest BCUT2D eigenvalue weighted by Gasteiger charge is 2.60. The first kappa shape index (κ1) is 13.0. The molecule has 0 spiro atoms. The summed E-state index contributed by atoms with van der Waals surface area (Å²) < 4.78 is 1.51. The van der Waals surface area contributed by atoms with Gasteiger partial charge in [-0.25, -0.2) is 9.67 Å². The molecule has 1 saturated carbocycles. The lowest BCUT2D eigenvalue weighted by molar-refractivity contribution is -0.132. The van der Waals surface area contributed by atoms with Crippen molar-refractivity contribution in [2.75, 3.05) is 0 Å². The third-order valence-electron chi connectivity index (χ3n) is 4.17. The van der Waals surface area contributed by atoms with E-state index in [0.29, 0.717) is 0 Å². The maximum Gasteiger partial charge on any atom is 0.242 e. The third kappa shape index (κ3) is 1.90. The number of aromatic nitrogens is 3. The van der Waals surface area contributed by atoms with E-state index in [2.05, 4.69) is 43.1 Å². The largest absolute Gasteiger partial charge is 0.351 e. The zero-order chi connectivity index (χ0) is 13.6. The molecule has 0 saturated heterocycles. The van der Waals surface area contributed by atoms with Crippen LogP contribution in [0.3, 0.4) is 0 Å². The van der Waals surface area contributed by atoms with E-state index < -0.39 is 0 Å². The monoisotopic (exact) mass is 251 g/mol. The van der Waals surface area contributed by atoms with Gasteiger partial charge < -0.3 is 11.1 Å². The Morgan fingerprint density at radius 2 is 2.00 bits per heavy atom. The summed E-state index contributed by atoms with van der Waals surface area (Å²) in [7, 11) is 0. The number of hydrogen-bond donors (Lipinski definition) is 2. The summed E-state index contributed by atoms with van der Waals surface area (Å²) in [6.07, 6.45) is 2.95. The number of nitrogens with two attached hydrogens (primary N) is 1. The molecule has 0 aromatic carbocycles. The van der Waals surface area contributed by atoms with Crippen LogP contribution in [0.1, 0.15) is 27.7 Å². The lowest BCUT2D eigenvalue weighted by Gasteiger charge is -2.62. The molecule has 6 nitrogen and oxygen atoms in total. The third-order valence-corrected chi connectivity index (χ3v) is 4.17. The lowest BCUT2D eigenvalue weighted by atomic mass is 9.48. The summed E-state index contributed by atoms with van der Waals surface area (Å²) in [6, 6.07) is 0.165. The number of nitrogens with zero attached hydrogens (tertiary/aromatic N) is 3. The van der Waals surface area contributed by atoms with E-state index in [1.807, 2.05) is 0 Å². The number of rotatable bonds is 3. The Bertz CT molecular complexity index is 421. The maximum absolute atomic E-state index is 12.0. The maximum atomic E-state index is 12.0. The number of carbonyl (C=O) groups is 1. The van der Waals surface area contributed by atoms with Crippen LogP contribution in [0, 0.1) is 10.8 Å². The topological polar surface area (TPSA) is 85.8 Å². The predicted molar refractivity (Wildman–Crippen MR) is 67.5 cm³/mol. The van der Waals surface area contributed by atoms with Crippen molar-refractivity contribution in [1.82, 2.24) is 20.1 Å². The Labute approximate surface area is 107 Å². The van der Waals surface area contributed by atoms with Gasteiger partial charge in [0.05, 0.1) is 0 Å². The minimum Gasteiger partial charge on any atom is -0.351 e. The van der Waals surface area contributed by atoms with E-state index in [0.717, 1.165) is 0 Å². The molecule has 0 atom stereocenters. The second-order valence-electron chi connectivity index (χ2n) is 6.21. The van der Waals surface area contributed by atoms with Gasteiger partial charge in [-0.3, -0.25) is 4.79 Å². The highest BCUT2D eigenvalue weighted by Crippen LogP contribution is 2.52. The van der Waals surface area contributed by atoms with Crippen molar-refractivity contribution >= 4 is 5.91 Å². The van der Waals surface area contributed by atoms with Gasteiger partial charge in [0.25, 0.3) is 0 Å². The highest BCUT2D eigenvalue weighted by molar-refractivity contribution is 5.76. The molecule has 1 aliphatic carbocycles.